The first-order chi connectivity index (χ1) is 12.1. The van der Waals surface area contributed by atoms with E-state index in [4.69, 9.17) is 11.6 Å². The smallest absolute Gasteiger partial charge is 0.253 e. The maximum absolute atomic E-state index is 12.0. The largest absolute Gasteiger partial charge is 0.343 e. The van der Waals surface area contributed by atoms with Gasteiger partial charge in [-0.1, -0.05) is 23.7 Å². The number of nitrogens with one attached hydrogen (secondary N) is 2. The third kappa shape index (κ3) is 4.18. The molecule has 0 aliphatic rings. The third-order valence-electron chi connectivity index (χ3n) is 3.21. The molecule has 3 rings (SSSR count). The van der Waals surface area contributed by atoms with Crippen LogP contribution in [0.3, 0.4) is 0 Å². The van der Waals surface area contributed by atoms with Crippen molar-refractivity contribution in [3.63, 3.8) is 0 Å². The number of pyridine rings is 1. The van der Waals surface area contributed by atoms with Gasteiger partial charge in [0.25, 0.3) is 5.91 Å². The average molecular weight is 357 g/mol. The molecule has 0 saturated heterocycles. The number of aromatic nitrogens is 4. The summed E-state index contributed by atoms with van der Waals surface area (Å²) in [4.78, 5) is 31.9. The summed E-state index contributed by atoms with van der Waals surface area (Å²) < 4.78 is 1.50. The molecule has 0 radical (unpaired) electrons. The van der Waals surface area contributed by atoms with Gasteiger partial charge in [-0.25, -0.2) is 14.6 Å². The van der Waals surface area contributed by atoms with Gasteiger partial charge < -0.3 is 10.6 Å². The van der Waals surface area contributed by atoms with E-state index in [1.165, 1.54) is 23.5 Å². The van der Waals surface area contributed by atoms with E-state index in [2.05, 4.69) is 25.7 Å². The van der Waals surface area contributed by atoms with Gasteiger partial charge in [0.05, 0.1) is 29.0 Å². The highest BCUT2D eigenvalue weighted by molar-refractivity contribution is 6.33. The zero-order valence-corrected chi connectivity index (χ0v) is 13.6. The number of amides is 2. The van der Waals surface area contributed by atoms with Crippen molar-refractivity contribution in [1.82, 2.24) is 25.1 Å². The maximum atomic E-state index is 12.0. The molecular formula is C16H13ClN6O2. The number of rotatable bonds is 5. The predicted octanol–water partition coefficient (Wildman–Crippen LogP) is 1.68. The second kappa shape index (κ2) is 7.54. The Morgan fingerprint density at radius 2 is 2.00 bits per heavy atom. The van der Waals surface area contributed by atoms with E-state index in [-0.39, 0.29) is 12.5 Å². The molecule has 0 aliphatic heterocycles. The zero-order valence-electron chi connectivity index (χ0n) is 12.9. The molecule has 0 atom stereocenters. The van der Waals surface area contributed by atoms with Crippen LogP contribution in [0.5, 0.6) is 0 Å². The van der Waals surface area contributed by atoms with Crippen LogP contribution in [0.2, 0.25) is 5.02 Å². The highest BCUT2D eigenvalue weighted by atomic mass is 35.5. The normalized spacial score (nSPS) is 10.3. The molecule has 0 fully saturated rings. The first kappa shape index (κ1) is 16.6. The Morgan fingerprint density at radius 3 is 2.68 bits per heavy atom. The van der Waals surface area contributed by atoms with Gasteiger partial charge >= 0.3 is 0 Å². The minimum atomic E-state index is -0.416. The van der Waals surface area contributed by atoms with Gasteiger partial charge in [0.15, 0.2) is 5.82 Å². The van der Waals surface area contributed by atoms with Crippen molar-refractivity contribution in [2.45, 2.75) is 0 Å². The summed E-state index contributed by atoms with van der Waals surface area (Å²) >= 11 is 5.94. The molecule has 0 unspecified atom stereocenters. The highest BCUT2D eigenvalue weighted by Gasteiger charge is 2.11. The van der Waals surface area contributed by atoms with Crippen molar-refractivity contribution in [3.05, 3.63) is 65.8 Å². The van der Waals surface area contributed by atoms with Crippen LogP contribution < -0.4 is 10.6 Å². The second-order valence-corrected chi connectivity index (χ2v) is 5.36. The first-order valence-corrected chi connectivity index (χ1v) is 7.65. The number of anilines is 1. The molecule has 126 valence electrons. The van der Waals surface area contributed by atoms with Gasteiger partial charge in [-0.2, -0.15) is 5.10 Å². The zero-order chi connectivity index (χ0) is 17.6. The summed E-state index contributed by atoms with van der Waals surface area (Å²) in [7, 11) is 0. The van der Waals surface area contributed by atoms with E-state index >= 15 is 0 Å². The SMILES string of the molecule is O=C(CNC(=O)c1ccccc1Cl)Nc1ccc(-n2cncn2)nc1. The lowest BCUT2D eigenvalue weighted by atomic mass is 10.2. The fraction of sp³-hybridized carbons (Fsp3) is 0.0625. The van der Waals surface area contributed by atoms with Crippen LogP contribution in [0, 0.1) is 0 Å². The van der Waals surface area contributed by atoms with Crippen molar-refractivity contribution in [3.8, 4) is 5.82 Å². The standard InChI is InChI=1S/C16H13ClN6O2/c17-13-4-2-1-3-12(13)16(25)20-8-15(24)22-11-5-6-14(19-7-11)23-10-18-9-21-23/h1-7,9-10H,8H2,(H,20,25)(H,22,24). The Bertz CT molecular complexity index is 880. The summed E-state index contributed by atoms with van der Waals surface area (Å²) in [5.74, 6) is -0.223. The van der Waals surface area contributed by atoms with Crippen LogP contribution in [-0.4, -0.2) is 38.1 Å². The van der Waals surface area contributed by atoms with Gasteiger partial charge in [0.1, 0.15) is 12.7 Å². The van der Waals surface area contributed by atoms with E-state index in [0.29, 0.717) is 22.1 Å². The quantitative estimate of drug-likeness (QED) is 0.724. The summed E-state index contributed by atoms with van der Waals surface area (Å²) in [6, 6.07) is 9.98. The summed E-state index contributed by atoms with van der Waals surface area (Å²) in [5.41, 5.74) is 0.816. The van der Waals surface area contributed by atoms with Crippen molar-refractivity contribution >= 4 is 29.1 Å². The highest BCUT2D eigenvalue weighted by Crippen LogP contribution is 2.14. The Labute approximate surface area is 147 Å². The molecular weight excluding hydrogens is 344 g/mol. The van der Waals surface area contributed by atoms with E-state index in [9.17, 15) is 9.59 Å². The minimum Gasteiger partial charge on any atom is -0.343 e. The van der Waals surface area contributed by atoms with Crippen LogP contribution in [0.25, 0.3) is 5.82 Å². The molecule has 1 aromatic carbocycles. The number of nitrogens with zero attached hydrogens (tertiary/aromatic N) is 4. The molecule has 2 amide bonds. The Balaban J connectivity index is 1.54. The lowest BCUT2D eigenvalue weighted by molar-refractivity contribution is -0.115. The molecule has 8 nitrogen and oxygen atoms in total. The molecule has 2 aromatic heterocycles. The van der Waals surface area contributed by atoms with Crippen LogP contribution in [0.15, 0.2) is 55.2 Å². The number of hydrogen-bond acceptors (Lipinski definition) is 5. The third-order valence-corrected chi connectivity index (χ3v) is 3.54. The average Bonchev–Trinajstić information content (AvgIpc) is 3.15. The summed E-state index contributed by atoms with van der Waals surface area (Å²) in [6.45, 7) is -0.186. The summed E-state index contributed by atoms with van der Waals surface area (Å²) in [5, 5.41) is 9.44. The van der Waals surface area contributed by atoms with Crippen molar-refractivity contribution in [2.24, 2.45) is 0 Å². The van der Waals surface area contributed by atoms with Crippen LogP contribution >= 0.6 is 11.6 Å². The molecule has 0 spiro atoms. The van der Waals surface area contributed by atoms with E-state index in [1.807, 2.05) is 0 Å². The van der Waals surface area contributed by atoms with E-state index in [0.717, 1.165) is 0 Å². The summed E-state index contributed by atoms with van der Waals surface area (Å²) in [6.07, 6.45) is 4.41. The molecule has 0 bridgehead atoms. The van der Waals surface area contributed by atoms with Crippen molar-refractivity contribution in [2.75, 3.05) is 11.9 Å². The Morgan fingerprint density at radius 1 is 1.16 bits per heavy atom. The van der Waals surface area contributed by atoms with Gasteiger partial charge in [-0.15, -0.1) is 0 Å². The van der Waals surface area contributed by atoms with Crippen LogP contribution in [0.1, 0.15) is 10.4 Å². The molecule has 25 heavy (non-hydrogen) atoms. The van der Waals surface area contributed by atoms with Gasteiger partial charge in [0.2, 0.25) is 5.91 Å². The monoisotopic (exact) mass is 356 g/mol. The van der Waals surface area contributed by atoms with E-state index in [1.54, 1.807) is 36.4 Å². The topological polar surface area (TPSA) is 102 Å². The molecule has 9 heteroatoms. The number of benzene rings is 1. The Hall–Kier alpha value is -3.26. The van der Waals surface area contributed by atoms with Gasteiger partial charge in [-0.3, -0.25) is 9.59 Å². The van der Waals surface area contributed by atoms with Crippen molar-refractivity contribution < 1.29 is 9.59 Å². The minimum absolute atomic E-state index is 0.186. The molecule has 2 N–H and O–H groups in total. The van der Waals surface area contributed by atoms with E-state index < -0.39 is 5.91 Å². The number of carbonyl (C=O) groups excluding carboxylic acids is 2. The molecule has 3 aromatic rings. The van der Waals surface area contributed by atoms with Crippen LogP contribution in [-0.2, 0) is 4.79 Å². The number of hydrogen-bond donors (Lipinski definition) is 2. The van der Waals surface area contributed by atoms with Crippen molar-refractivity contribution in [1.29, 1.82) is 0 Å². The maximum Gasteiger partial charge on any atom is 0.253 e. The molecule has 0 saturated carbocycles. The lowest BCUT2D eigenvalue weighted by Gasteiger charge is -2.08. The Kier molecular flexibility index (Phi) is 5.00. The number of carbonyl (C=O) groups is 2. The molecule has 2 heterocycles. The fourth-order valence-corrected chi connectivity index (χ4v) is 2.25. The number of halogens is 1. The molecule has 0 aliphatic carbocycles. The lowest BCUT2D eigenvalue weighted by Crippen LogP contribution is -2.33. The fourth-order valence-electron chi connectivity index (χ4n) is 2.03. The van der Waals surface area contributed by atoms with Gasteiger partial charge in [0, 0.05) is 0 Å². The van der Waals surface area contributed by atoms with Gasteiger partial charge in [-0.05, 0) is 24.3 Å². The van der Waals surface area contributed by atoms with Crippen LogP contribution in [0.4, 0.5) is 5.69 Å². The predicted molar refractivity (Wildman–Crippen MR) is 91.6 cm³/mol. The second-order valence-electron chi connectivity index (χ2n) is 4.96. The first-order valence-electron chi connectivity index (χ1n) is 7.27.